The van der Waals surface area contributed by atoms with Gasteiger partial charge in [-0.3, -0.25) is 9.88 Å². The fraction of sp³-hybridized carbons (Fsp3) is 0.706. The largest absolute Gasteiger partial charge is 0.365 e. The number of nitrogens with one attached hydrogen (secondary N) is 1. The third-order valence-corrected chi connectivity index (χ3v) is 5.15. The summed E-state index contributed by atoms with van der Waals surface area (Å²) < 4.78 is 0. The summed E-state index contributed by atoms with van der Waals surface area (Å²) in [6, 6.07) is 6.14. The molecule has 1 N–H and O–H groups in total. The van der Waals surface area contributed by atoms with Crippen molar-refractivity contribution in [1.82, 2.24) is 15.2 Å². The zero-order chi connectivity index (χ0) is 14.8. The number of rotatable bonds is 4. The molecule has 0 bridgehead atoms. The summed E-state index contributed by atoms with van der Waals surface area (Å²) in [5.41, 5.74) is 2.43. The van der Waals surface area contributed by atoms with E-state index in [1.54, 1.807) is 0 Å². The second kappa shape index (κ2) is 6.32. The minimum atomic E-state index is 0.364. The van der Waals surface area contributed by atoms with Crippen LogP contribution in [0.15, 0.2) is 18.3 Å². The molecule has 2 aliphatic rings. The molecule has 4 heteroatoms. The first kappa shape index (κ1) is 14.8. The lowest BCUT2D eigenvalue weighted by Gasteiger charge is -2.43. The molecule has 1 aromatic heterocycles. The van der Waals surface area contributed by atoms with Gasteiger partial charge >= 0.3 is 0 Å². The molecule has 3 heterocycles. The van der Waals surface area contributed by atoms with Crippen molar-refractivity contribution in [2.24, 2.45) is 0 Å². The minimum absolute atomic E-state index is 0.364. The number of fused-ring (bicyclic) bond motifs is 1. The van der Waals surface area contributed by atoms with E-state index < -0.39 is 0 Å². The van der Waals surface area contributed by atoms with Crippen molar-refractivity contribution in [3.05, 3.63) is 24.0 Å². The maximum Gasteiger partial charge on any atom is 0.0574 e. The smallest absolute Gasteiger partial charge is 0.0574 e. The minimum Gasteiger partial charge on any atom is -0.365 e. The van der Waals surface area contributed by atoms with Crippen LogP contribution in [0.4, 0.5) is 5.69 Å². The third-order valence-electron chi connectivity index (χ3n) is 5.15. The SMILES string of the molecule is CCC(NC)c1ccc(N2CC3CCCN3CC2C)cn1. The Morgan fingerprint density at radius 1 is 1.38 bits per heavy atom. The Hall–Kier alpha value is -1.13. The summed E-state index contributed by atoms with van der Waals surface area (Å²) in [6.07, 6.45) is 5.85. The van der Waals surface area contributed by atoms with Crippen molar-refractivity contribution >= 4 is 5.69 Å². The molecule has 0 aromatic carbocycles. The Labute approximate surface area is 128 Å². The van der Waals surface area contributed by atoms with Crippen LogP contribution in [0.25, 0.3) is 0 Å². The lowest BCUT2D eigenvalue weighted by Crippen LogP contribution is -2.55. The van der Waals surface area contributed by atoms with E-state index in [-0.39, 0.29) is 0 Å². The summed E-state index contributed by atoms with van der Waals surface area (Å²) in [4.78, 5) is 9.91. The highest BCUT2D eigenvalue weighted by atomic mass is 15.3. The first-order valence-corrected chi connectivity index (χ1v) is 8.36. The Balaban J connectivity index is 1.74. The van der Waals surface area contributed by atoms with E-state index >= 15 is 0 Å². The van der Waals surface area contributed by atoms with Gasteiger partial charge in [0.25, 0.3) is 0 Å². The predicted molar refractivity (Wildman–Crippen MR) is 87.7 cm³/mol. The molecule has 4 nitrogen and oxygen atoms in total. The van der Waals surface area contributed by atoms with E-state index in [1.807, 2.05) is 7.05 Å². The number of hydrogen-bond acceptors (Lipinski definition) is 4. The van der Waals surface area contributed by atoms with Crippen LogP contribution in [-0.4, -0.2) is 48.6 Å². The number of pyridine rings is 1. The first-order chi connectivity index (χ1) is 10.2. The zero-order valence-electron chi connectivity index (χ0n) is 13.5. The van der Waals surface area contributed by atoms with Crippen LogP contribution in [0.1, 0.15) is 44.8 Å². The van der Waals surface area contributed by atoms with Crippen LogP contribution < -0.4 is 10.2 Å². The average molecular weight is 288 g/mol. The number of hydrogen-bond donors (Lipinski definition) is 1. The number of anilines is 1. The standard InChI is InChI=1S/C17H28N4/c1-4-16(18-3)17-8-7-14(10-19-17)21-12-15-6-5-9-20(15)11-13(21)2/h7-8,10,13,15-16,18H,4-6,9,11-12H2,1-3H3. The van der Waals surface area contributed by atoms with E-state index in [9.17, 15) is 0 Å². The van der Waals surface area contributed by atoms with Crippen molar-refractivity contribution in [3.63, 3.8) is 0 Å². The Kier molecular flexibility index (Phi) is 4.45. The Morgan fingerprint density at radius 2 is 2.24 bits per heavy atom. The van der Waals surface area contributed by atoms with Gasteiger partial charge in [0, 0.05) is 31.2 Å². The molecular formula is C17H28N4. The highest BCUT2D eigenvalue weighted by Crippen LogP contribution is 2.28. The molecule has 0 radical (unpaired) electrons. The molecule has 2 aliphatic heterocycles. The lowest BCUT2D eigenvalue weighted by molar-refractivity contribution is 0.203. The highest BCUT2D eigenvalue weighted by molar-refractivity contribution is 5.47. The van der Waals surface area contributed by atoms with Crippen molar-refractivity contribution in [1.29, 1.82) is 0 Å². The van der Waals surface area contributed by atoms with Crippen LogP contribution in [-0.2, 0) is 0 Å². The molecule has 0 aliphatic carbocycles. The molecule has 116 valence electrons. The molecule has 2 saturated heterocycles. The first-order valence-electron chi connectivity index (χ1n) is 8.36. The summed E-state index contributed by atoms with van der Waals surface area (Å²) in [5.74, 6) is 0. The number of piperazine rings is 1. The Bertz CT molecular complexity index is 454. The van der Waals surface area contributed by atoms with Crippen molar-refractivity contribution in [3.8, 4) is 0 Å². The molecule has 0 amide bonds. The van der Waals surface area contributed by atoms with E-state index in [2.05, 4.69) is 47.3 Å². The van der Waals surface area contributed by atoms with E-state index in [0.29, 0.717) is 12.1 Å². The van der Waals surface area contributed by atoms with Crippen LogP contribution in [0.5, 0.6) is 0 Å². The van der Waals surface area contributed by atoms with E-state index in [1.165, 1.54) is 31.6 Å². The maximum absolute atomic E-state index is 4.70. The number of aromatic nitrogens is 1. The van der Waals surface area contributed by atoms with Crippen molar-refractivity contribution in [2.45, 2.75) is 51.2 Å². The molecule has 0 saturated carbocycles. The molecular weight excluding hydrogens is 260 g/mol. The monoisotopic (exact) mass is 288 g/mol. The van der Waals surface area contributed by atoms with Gasteiger partial charge in [-0.2, -0.15) is 0 Å². The van der Waals surface area contributed by atoms with Crippen LogP contribution in [0, 0.1) is 0 Å². The van der Waals surface area contributed by atoms with Gasteiger partial charge in [-0.25, -0.2) is 0 Å². The topological polar surface area (TPSA) is 31.4 Å². The quantitative estimate of drug-likeness (QED) is 0.922. The third kappa shape index (κ3) is 2.92. The predicted octanol–water partition coefficient (Wildman–Crippen LogP) is 2.43. The fourth-order valence-corrected chi connectivity index (χ4v) is 3.88. The second-order valence-corrected chi connectivity index (χ2v) is 6.48. The van der Waals surface area contributed by atoms with E-state index in [0.717, 1.165) is 24.7 Å². The molecule has 0 spiro atoms. The van der Waals surface area contributed by atoms with Crippen LogP contribution >= 0.6 is 0 Å². The van der Waals surface area contributed by atoms with Crippen LogP contribution in [0.3, 0.4) is 0 Å². The average Bonchev–Trinajstić information content (AvgIpc) is 2.95. The summed E-state index contributed by atoms with van der Waals surface area (Å²) in [6.45, 7) is 8.18. The molecule has 3 unspecified atom stereocenters. The van der Waals surface area contributed by atoms with Gasteiger partial charge in [-0.1, -0.05) is 6.92 Å². The van der Waals surface area contributed by atoms with Crippen LogP contribution in [0.2, 0.25) is 0 Å². The van der Waals surface area contributed by atoms with Gasteiger partial charge in [0.05, 0.1) is 17.6 Å². The van der Waals surface area contributed by atoms with Gasteiger partial charge in [-0.05, 0) is 51.9 Å². The number of nitrogens with zero attached hydrogens (tertiary/aromatic N) is 3. The molecule has 1 aromatic rings. The highest BCUT2D eigenvalue weighted by Gasteiger charge is 2.34. The maximum atomic E-state index is 4.70. The van der Waals surface area contributed by atoms with Gasteiger partial charge < -0.3 is 10.2 Å². The summed E-state index contributed by atoms with van der Waals surface area (Å²) >= 11 is 0. The second-order valence-electron chi connectivity index (χ2n) is 6.48. The molecule has 21 heavy (non-hydrogen) atoms. The normalized spacial score (nSPS) is 27.7. The van der Waals surface area contributed by atoms with Gasteiger partial charge in [-0.15, -0.1) is 0 Å². The van der Waals surface area contributed by atoms with Gasteiger partial charge in [0.15, 0.2) is 0 Å². The molecule has 2 fully saturated rings. The van der Waals surface area contributed by atoms with Gasteiger partial charge in [0.1, 0.15) is 0 Å². The fourth-order valence-electron chi connectivity index (χ4n) is 3.88. The van der Waals surface area contributed by atoms with Crippen molar-refractivity contribution in [2.75, 3.05) is 31.6 Å². The molecule has 3 atom stereocenters. The zero-order valence-corrected chi connectivity index (χ0v) is 13.5. The summed E-state index contributed by atoms with van der Waals surface area (Å²) in [7, 11) is 2.01. The van der Waals surface area contributed by atoms with Gasteiger partial charge in [0.2, 0.25) is 0 Å². The summed E-state index contributed by atoms with van der Waals surface area (Å²) in [5, 5.41) is 3.32. The Morgan fingerprint density at radius 3 is 2.90 bits per heavy atom. The van der Waals surface area contributed by atoms with Crippen molar-refractivity contribution < 1.29 is 0 Å². The van der Waals surface area contributed by atoms with E-state index in [4.69, 9.17) is 4.98 Å². The lowest BCUT2D eigenvalue weighted by atomic mass is 10.1. The molecule has 3 rings (SSSR count).